The van der Waals surface area contributed by atoms with Gasteiger partial charge in [-0.2, -0.15) is 0 Å². The van der Waals surface area contributed by atoms with Crippen LogP contribution in [0.15, 0.2) is 138 Å². The SMILES string of the molecule is CC1(C)c2ccccc2-c2cc(-n3c4ccccc4c4cc(-c5cccc(-c6ccc(Br)cc6)c5)ccc43)ccc21. The topological polar surface area (TPSA) is 4.93 Å². The van der Waals surface area contributed by atoms with E-state index in [1.807, 2.05) is 0 Å². The lowest BCUT2D eigenvalue weighted by molar-refractivity contribution is 0.660. The molecule has 0 N–H and O–H groups in total. The van der Waals surface area contributed by atoms with Gasteiger partial charge in [-0.15, -0.1) is 0 Å². The lowest BCUT2D eigenvalue weighted by Crippen LogP contribution is -2.14. The van der Waals surface area contributed by atoms with Gasteiger partial charge in [0.05, 0.1) is 11.0 Å². The maximum atomic E-state index is 3.56. The second kappa shape index (κ2) is 9.06. The standard InChI is InChI=1S/C39H28BrN/c1-39(2)35-12-5-3-10-31(35)33-24-30(19-20-36(33)39)41-37-13-6-4-11-32(37)34-23-28(16-21-38(34)41)27-9-7-8-26(22-27)25-14-17-29(40)18-15-25/h3-24H,1-2H3. The van der Waals surface area contributed by atoms with Gasteiger partial charge in [0.2, 0.25) is 0 Å². The van der Waals surface area contributed by atoms with Gasteiger partial charge in [-0.3, -0.25) is 0 Å². The summed E-state index contributed by atoms with van der Waals surface area (Å²) in [6.07, 6.45) is 0. The molecule has 1 aliphatic carbocycles. The molecule has 0 fully saturated rings. The molecular weight excluding hydrogens is 562 g/mol. The number of nitrogens with zero attached hydrogens (tertiary/aromatic N) is 1. The van der Waals surface area contributed by atoms with Crippen LogP contribution in [0.2, 0.25) is 0 Å². The molecule has 0 spiro atoms. The third-order valence-electron chi connectivity index (χ3n) is 8.87. The van der Waals surface area contributed by atoms with Crippen LogP contribution in [0.3, 0.4) is 0 Å². The van der Waals surface area contributed by atoms with Crippen molar-refractivity contribution in [2.24, 2.45) is 0 Å². The third kappa shape index (κ3) is 3.74. The van der Waals surface area contributed by atoms with Gasteiger partial charge in [0.15, 0.2) is 0 Å². The Balaban J connectivity index is 1.30. The van der Waals surface area contributed by atoms with Crippen LogP contribution in [0.1, 0.15) is 25.0 Å². The molecule has 0 unspecified atom stereocenters. The summed E-state index contributed by atoms with van der Waals surface area (Å²) in [6.45, 7) is 4.68. The van der Waals surface area contributed by atoms with Crippen molar-refractivity contribution in [3.63, 3.8) is 0 Å². The highest BCUT2D eigenvalue weighted by atomic mass is 79.9. The fourth-order valence-corrected chi connectivity index (χ4v) is 7.06. The first-order valence-electron chi connectivity index (χ1n) is 14.1. The van der Waals surface area contributed by atoms with Crippen molar-refractivity contribution in [2.45, 2.75) is 19.3 Å². The van der Waals surface area contributed by atoms with Crippen LogP contribution in [-0.4, -0.2) is 4.57 Å². The average Bonchev–Trinajstić information content (AvgIpc) is 3.46. The summed E-state index contributed by atoms with van der Waals surface area (Å²) in [5, 5.41) is 2.54. The van der Waals surface area contributed by atoms with E-state index in [0.29, 0.717) is 0 Å². The molecule has 8 rings (SSSR count). The first-order valence-corrected chi connectivity index (χ1v) is 14.9. The molecular formula is C39H28BrN. The van der Waals surface area contributed by atoms with Crippen LogP contribution < -0.4 is 0 Å². The van der Waals surface area contributed by atoms with Gasteiger partial charge in [0.25, 0.3) is 0 Å². The molecule has 41 heavy (non-hydrogen) atoms. The fraction of sp³-hybridized carbons (Fsp3) is 0.0769. The minimum atomic E-state index is 0.00493. The van der Waals surface area contributed by atoms with E-state index in [0.717, 1.165) is 4.47 Å². The molecule has 7 aromatic rings. The predicted molar refractivity (Wildman–Crippen MR) is 177 cm³/mol. The fourth-order valence-electron chi connectivity index (χ4n) is 6.80. The van der Waals surface area contributed by atoms with Gasteiger partial charge in [0.1, 0.15) is 0 Å². The van der Waals surface area contributed by atoms with Crippen LogP contribution in [0.25, 0.3) is 60.9 Å². The first kappa shape index (κ1) is 24.4. The normalized spacial score (nSPS) is 13.4. The van der Waals surface area contributed by atoms with Crippen LogP contribution in [0.4, 0.5) is 0 Å². The summed E-state index contributed by atoms with van der Waals surface area (Å²) in [5.41, 5.74) is 14.0. The van der Waals surface area contributed by atoms with E-state index in [-0.39, 0.29) is 5.41 Å². The Kier molecular flexibility index (Phi) is 5.39. The number of halogens is 1. The maximum Gasteiger partial charge on any atom is 0.0541 e. The quantitative estimate of drug-likeness (QED) is 0.193. The van der Waals surface area contributed by atoms with E-state index in [9.17, 15) is 0 Å². The van der Waals surface area contributed by atoms with Crippen LogP contribution >= 0.6 is 15.9 Å². The maximum absolute atomic E-state index is 3.56. The molecule has 1 heterocycles. The highest BCUT2D eigenvalue weighted by Gasteiger charge is 2.35. The van der Waals surface area contributed by atoms with Gasteiger partial charge >= 0.3 is 0 Å². The summed E-state index contributed by atoms with van der Waals surface area (Å²) in [7, 11) is 0. The van der Waals surface area contributed by atoms with E-state index in [1.165, 1.54) is 72.0 Å². The minimum Gasteiger partial charge on any atom is -0.309 e. The molecule has 1 aromatic heterocycles. The van der Waals surface area contributed by atoms with Crippen molar-refractivity contribution >= 4 is 37.7 Å². The molecule has 0 atom stereocenters. The Morgan fingerprint density at radius 2 is 1.15 bits per heavy atom. The molecule has 6 aromatic carbocycles. The van der Waals surface area contributed by atoms with Crippen molar-refractivity contribution < 1.29 is 0 Å². The van der Waals surface area contributed by atoms with Crippen LogP contribution in [-0.2, 0) is 5.41 Å². The number of aromatic nitrogens is 1. The van der Waals surface area contributed by atoms with Crippen molar-refractivity contribution in [2.75, 3.05) is 0 Å². The summed E-state index contributed by atoms with van der Waals surface area (Å²) in [5.74, 6) is 0. The Bertz CT molecular complexity index is 2130. The lowest BCUT2D eigenvalue weighted by Gasteiger charge is -2.21. The monoisotopic (exact) mass is 589 g/mol. The number of para-hydroxylation sites is 1. The molecule has 1 nitrogen and oxygen atoms in total. The zero-order chi connectivity index (χ0) is 27.7. The lowest BCUT2D eigenvalue weighted by atomic mass is 9.82. The largest absolute Gasteiger partial charge is 0.309 e. The molecule has 0 radical (unpaired) electrons. The summed E-state index contributed by atoms with van der Waals surface area (Å²) < 4.78 is 3.52. The minimum absolute atomic E-state index is 0.00493. The molecule has 196 valence electrons. The third-order valence-corrected chi connectivity index (χ3v) is 9.40. The zero-order valence-electron chi connectivity index (χ0n) is 23.0. The van der Waals surface area contributed by atoms with Crippen LogP contribution in [0.5, 0.6) is 0 Å². The predicted octanol–water partition coefficient (Wildman–Crippen LogP) is 11.2. The number of hydrogen-bond donors (Lipinski definition) is 0. The Hall–Kier alpha value is -4.40. The molecule has 1 aliphatic rings. The second-order valence-corrected chi connectivity index (χ2v) is 12.5. The molecule has 0 bridgehead atoms. The summed E-state index contributed by atoms with van der Waals surface area (Å²) >= 11 is 3.56. The summed E-state index contributed by atoms with van der Waals surface area (Å²) in [6, 6.07) is 49.0. The molecule has 0 saturated carbocycles. The molecule has 0 aliphatic heterocycles. The molecule has 0 saturated heterocycles. The van der Waals surface area contributed by atoms with Crippen molar-refractivity contribution in [1.29, 1.82) is 0 Å². The second-order valence-electron chi connectivity index (χ2n) is 11.6. The van der Waals surface area contributed by atoms with Gasteiger partial charge < -0.3 is 4.57 Å². The van der Waals surface area contributed by atoms with Crippen LogP contribution in [0, 0.1) is 0 Å². The van der Waals surface area contributed by atoms with E-state index >= 15 is 0 Å². The zero-order valence-corrected chi connectivity index (χ0v) is 24.6. The number of benzene rings is 6. The number of rotatable bonds is 3. The van der Waals surface area contributed by atoms with E-state index in [4.69, 9.17) is 0 Å². The average molecular weight is 591 g/mol. The highest BCUT2D eigenvalue weighted by molar-refractivity contribution is 9.10. The number of fused-ring (bicyclic) bond motifs is 6. The molecule has 0 amide bonds. The van der Waals surface area contributed by atoms with Crippen molar-refractivity contribution in [1.82, 2.24) is 4.57 Å². The van der Waals surface area contributed by atoms with Crippen molar-refractivity contribution in [3.05, 3.63) is 149 Å². The van der Waals surface area contributed by atoms with Gasteiger partial charge in [-0.25, -0.2) is 0 Å². The Labute approximate surface area is 248 Å². The first-order chi connectivity index (χ1) is 20.0. The van der Waals surface area contributed by atoms with Crippen molar-refractivity contribution in [3.8, 4) is 39.1 Å². The Morgan fingerprint density at radius 3 is 2.00 bits per heavy atom. The summed E-state index contributed by atoms with van der Waals surface area (Å²) in [4.78, 5) is 0. The highest BCUT2D eigenvalue weighted by Crippen LogP contribution is 2.49. The van der Waals surface area contributed by atoms with Gasteiger partial charge in [0, 0.05) is 26.3 Å². The van der Waals surface area contributed by atoms with E-state index in [2.05, 4.69) is 168 Å². The Morgan fingerprint density at radius 1 is 0.488 bits per heavy atom. The van der Waals surface area contributed by atoms with Gasteiger partial charge in [-0.1, -0.05) is 115 Å². The smallest absolute Gasteiger partial charge is 0.0541 e. The number of hydrogen-bond acceptors (Lipinski definition) is 0. The van der Waals surface area contributed by atoms with E-state index < -0.39 is 0 Å². The van der Waals surface area contributed by atoms with Gasteiger partial charge in [-0.05, 0) is 93.0 Å². The van der Waals surface area contributed by atoms with E-state index in [1.54, 1.807) is 0 Å². The molecule has 2 heteroatoms.